The van der Waals surface area contributed by atoms with E-state index in [9.17, 15) is 4.39 Å². The predicted molar refractivity (Wildman–Crippen MR) is 61.9 cm³/mol. The molecule has 2 rings (SSSR count). The molecule has 0 saturated heterocycles. The Kier molecular flexibility index (Phi) is 3.05. The summed E-state index contributed by atoms with van der Waals surface area (Å²) in [5.41, 5.74) is 1.25. The van der Waals surface area contributed by atoms with Crippen LogP contribution in [0.1, 0.15) is 5.56 Å². The molecule has 1 radical (unpaired) electrons. The molecule has 0 N–H and O–H groups in total. The summed E-state index contributed by atoms with van der Waals surface area (Å²) in [6.07, 6.45) is 4.04. The second-order valence-electron chi connectivity index (χ2n) is 3.21. The Bertz CT molecular complexity index is 489. The minimum absolute atomic E-state index is 0.342. The maximum absolute atomic E-state index is 13.1. The molecule has 79 valence electrons. The molecule has 3 heteroatoms. The zero-order chi connectivity index (χ0) is 11.4. The quantitative estimate of drug-likeness (QED) is 0.765. The van der Waals surface area contributed by atoms with E-state index < -0.39 is 5.83 Å². The number of hydrogen-bond donors (Lipinski definition) is 0. The van der Waals surface area contributed by atoms with Crippen LogP contribution in [0.2, 0.25) is 0 Å². The number of halogens is 1. The summed E-state index contributed by atoms with van der Waals surface area (Å²) >= 11 is 0. The number of nitrogens with zero attached hydrogens (tertiary/aromatic N) is 2. The van der Waals surface area contributed by atoms with Crippen molar-refractivity contribution in [2.75, 3.05) is 0 Å². The first-order chi connectivity index (χ1) is 7.81. The van der Waals surface area contributed by atoms with E-state index in [-0.39, 0.29) is 0 Å². The van der Waals surface area contributed by atoms with Crippen LogP contribution in [0, 0.1) is 6.92 Å². The van der Waals surface area contributed by atoms with Gasteiger partial charge in [0.25, 0.3) is 0 Å². The minimum atomic E-state index is -0.417. The van der Waals surface area contributed by atoms with Gasteiger partial charge in [0.15, 0.2) is 5.82 Å². The van der Waals surface area contributed by atoms with Crippen molar-refractivity contribution in [3.63, 3.8) is 0 Å². The minimum Gasteiger partial charge on any atom is -0.236 e. The Morgan fingerprint density at radius 3 is 2.31 bits per heavy atom. The van der Waals surface area contributed by atoms with Crippen molar-refractivity contribution in [2.24, 2.45) is 0 Å². The highest BCUT2D eigenvalue weighted by Gasteiger charge is 2.02. The van der Waals surface area contributed by atoms with Crippen molar-refractivity contribution in [1.82, 2.24) is 9.97 Å². The molecular formula is C13H10FN2. The van der Waals surface area contributed by atoms with Gasteiger partial charge in [0, 0.05) is 23.5 Å². The summed E-state index contributed by atoms with van der Waals surface area (Å²) in [7, 11) is 0. The summed E-state index contributed by atoms with van der Waals surface area (Å²) in [6.45, 7) is 3.35. The van der Waals surface area contributed by atoms with Crippen molar-refractivity contribution in [1.29, 1.82) is 0 Å². The van der Waals surface area contributed by atoms with Crippen LogP contribution in [0.25, 0.3) is 17.2 Å². The van der Waals surface area contributed by atoms with Gasteiger partial charge in [-0.1, -0.05) is 30.3 Å². The van der Waals surface area contributed by atoms with E-state index in [4.69, 9.17) is 0 Å². The summed E-state index contributed by atoms with van der Waals surface area (Å²) in [5.74, 6) is 0.167. The Labute approximate surface area is 93.5 Å². The van der Waals surface area contributed by atoms with Gasteiger partial charge in [0.2, 0.25) is 0 Å². The molecule has 0 fully saturated rings. The van der Waals surface area contributed by atoms with E-state index >= 15 is 0 Å². The SMILES string of the molecule is [CH2]/C=C(\F)c1cnc(-c2ccccc2)nc1. The number of allylic oxidation sites excluding steroid dienone is 1. The third-order valence-corrected chi connectivity index (χ3v) is 2.14. The molecule has 0 aliphatic carbocycles. The number of aromatic nitrogens is 2. The largest absolute Gasteiger partial charge is 0.236 e. The van der Waals surface area contributed by atoms with E-state index in [1.807, 2.05) is 30.3 Å². The van der Waals surface area contributed by atoms with E-state index in [1.165, 1.54) is 12.4 Å². The topological polar surface area (TPSA) is 25.8 Å². The van der Waals surface area contributed by atoms with Crippen molar-refractivity contribution < 1.29 is 4.39 Å². The van der Waals surface area contributed by atoms with Gasteiger partial charge in [0.1, 0.15) is 5.83 Å². The van der Waals surface area contributed by atoms with Crippen LogP contribution in [-0.2, 0) is 0 Å². The van der Waals surface area contributed by atoms with Crippen LogP contribution in [0.4, 0.5) is 4.39 Å². The smallest absolute Gasteiger partial charge is 0.159 e. The van der Waals surface area contributed by atoms with Crippen LogP contribution in [0.3, 0.4) is 0 Å². The van der Waals surface area contributed by atoms with Crippen molar-refractivity contribution in [3.8, 4) is 11.4 Å². The molecule has 16 heavy (non-hydrogen) atoms. The number of benzene rings is 1. The van der Waals surface area contributed by atoms with Gasteiger partial charge in [-0.15, -0.1) is 0 Å². The van der Waals surface area contributed by atoms with E-state index in [0.29, 0.717) is 11.4 Å². The summed E-state index contributed by atoms with van der Waals surface area (Å²) in [5, 5.41) is 0. The first kappa shape index (κ1) is 10.5. The summed E-state index contributed by atoms with van der Waals surface area (Å²) in [4.78, 5) is 8.20. The molecule has 0 saturated carbocycles. The molecule has 0 bridgehead atoms. The van der Waals surface area contributed by atoms with Gasteiger partial charge in [0.05, 0.1) is 0 Å². The molecule has 2 aromatic rings. The van der Waals surface area contributed by atoms with Gasteiger partial charge in [-0.3, -0.25) is 0 Å². The zero-order valence-corrected chi connectivity index (χ0v) is 8.60. The van der Waals surface area contributed by atoms with Crippen molar-refractivity contribution >= 4 is 5.83 Å². The van der Waals surface area contributed by atoms with E-state index in [1.54, 1.807) is 0 Å². The fourth-order valence-corrected chi connectivity index (χ4v) is 1.31. The highest BCUT2D eigenvalue weighted by molar-refractivity contribution is 5.60. The lowest BCUT2D eigenvalue weighted by molar-refractivity contribution is 0.757. The molecule has 0 aliphatic heterocycles. The lowest BCUT2D eigenvalue weighted by Crippen LogP contribution is -1.90. The molecule has 2 nitrogen and oxygen atoms in total. The normalized spacial score (nSPS) is 11.5. The molecule has 0 atom stereocenters. The molecule has 1 heterocycles. The van der Waals surface area contributed by atoms with Gasteiger partial charge in [-0.25, -0.2) is 14.4 Å². The first-order valence-electron chi connectivity index (χ1n) is 4.84. The Morgan fingerprint density at radius 1 is 1.12 bits per heavy atom. The molecular weight excluding hydrogens is 203 g/mol. The van der Waals surface area contributed by atoms with Gasteiger partial charge in [-0.05, 0) is 13.0 Å². The standard InChI is InChI=1S/C13H10FN2/c1-2-12(14)11-8-15-13(16-9-11)10-6-4-3-5-7-10/h2-9H,1H2/b12-2-. The van der Waals surface area contributed by atoms with Gasteiger partial charge in [-0.2, -0.15) is 0 Å². The predicted octanol–water partition coefficient (Wildman–Crippen LogP) is 3.29. The Morgan fingerprint density at radius 2 is 1.75 bits per heavy atom. The van der Waals surface area contributed by atoms with Crippen LogP contribution in [0.5, 0.6) is 0 Å². The number of rotatable bonds is 2. The molecule has 1 aromatic heterocycles. The average molecular weight is 213 g/mol. The molecule has 0 amide bonds. The van der Waals surface area contributed by atoms with E-state index in [2.05, 4.69) is 16.9 Å². The maximum atomic E-state index is 13.1. The van der Waals surface area contributed by atoms with Crippen molar-refractivity contribution in [3.05, 3.63) is 61.3 Å². The van der Waals surface area contributed by atoms with Crippen molar-refractivity contribution in [2.45, 2.75) is 0 Å². The second-order valence-corrected chi connectivity index (χ2v) is 3.21. The second kappa shape index (κ2) is 4.66. The zero-order valence-electron chi connectivity index (χ0n) is 8.60. The fourth-order valence-electron chi connectivity index (χ4n) is 1.31. The Hall–Kier alpha value is -2.03. The highest BCUT2D eigenvalue weighted by Crippen LogP contribution is 2.17. The molecule has 1 aromatic carbocycles. The van der Waals surface area contributed by atoms with Crippen LogP contribution < -0.4 is 0 Å². The third kappa shape index (κ3) is 2.14. The molecule has 0 unspecified atom stereocenters. The van der Waals surface area contributed by atoms with E-state index in [0.717, 1.165) is 11.6 Å². The average Bonchev–Trinajstić information content (AvgIpc) is 2.39. The maximum Gasteiger partial charge on any atom is 0.159 e. The van der Waals surface area contributed by atoms with Gasteiger partial charge < -0.3 is 0 Å². The molecule has 0 aliphatic rings. The summed E-state index contributed by atoms with van der Waals surface area (Å²) < 4.78 is 13.1. The molecule has 0 spiro atoms. The first-order valence-corrected chi connectivity index (χ1v) is 4.84. The summed E-state index contributed by atoms with van der Waals surface area (Å²) in [6, 6.07) is 9.54. The van der Waals surface area contributed by atoms with Crippen LogP contribution in [0.15, 0.2) is 48.8 Å². The lowest BCUT2D eigenvalue weighted by atomic mass is 10.2. The third-order valence-electron chi connectivity index (χ3n) is 2.14. The van der Waals surface area contributed by atoms with Crippen LogP contribution >= 0.6 is 0 Å². The highest BCUT2D eigenvalue weighted by atomic mass is 19.1. The lowest BCUT2D eigenvalue weighted by Gasteiger charge is -2.00. The van der Waals surface area contributed by atoms with Gasteiger partial charge >= 0.3 is 0 Å². The monoisotopic (exact) mass is 213 g/mol. The number of hydrogen-bond acceptors (Lipinski definition) is 2. The van der Waals surface area contributed by atoms with Crippen LogP contribution in [-0.4, -0.2) is 9.97 Å². The Balaban J connectivity index is 2.34. The fraction of sp³-hybridized carbons (Fsp3) is 0.